The van der Waals surface area contributed by atoms with Gasteiger partial charge in [0, 0.05) is 18.9 Å². The number of fused-ring (bicyclic) bond motifs is 1. The lowest BCUT2D eigenvalue weighted by Crippen LogP contribution is -2.39. The maximum absolute atomic E-state index is 14.1. The van der Waals surface area contributed by atoms with Gasteiger partial charge in [0.25, 0.3) is 5.91 Å². The zero-order valence-corrected chi connectivity index (χ0v) is 14.2. The molecule has 0 radical (unpaired) electrons. The number of nitrogens with two attached hydrogens (primary N) is 1. The van der Waals surface area contributed by atoms with Gasteiger partial charge in [0.05, 0.1) is 23.9 Å². The molecule has 3 aliphatic rings. The van der Waals surface area contributed by atoms with Crippen molar-refractivity contribution in [3.8, 4) is 0 Å². The Morgan fingerprint density at radius 1 is 1.56 bits per heavy atom. The van der Waals surface area contributed by atoms with Crippen LogP contribution in [0.25, 0.3) is 0 Å². The number of hydrogen-bond acceptors (Lipinski definition) is 5. The second-order valence-corrected chi connectivity index (χ2v) is 6.31. The van der Waals surface area contributed by atoms with Crippen molar-refractivity contribution in [3.05, 3.63) is 46.0 Å². The highest BCUT2D eigenvalue weighted by atomic mass is 35.5. The molecule has 6 nitrogen and oxygen atoms in total. The van der Waals surface area contributed by atoms with Crippen LogP contribution < -0.4 is 11.1 Å². The van der Waals surface area contributed by atoms with Crippen LogP contribution in [0.5, 0.6) is 0 Å². The summed E-state index contributed by atoms with van der Waals surface area (Å²) in [6.07, 6.45) is 4.51. The van der Waals surface area contributed by atoms with Crippen molar-refractivity contribution in [2.45, 2.75) is 19.0 Å². The van der Waals surface area contributed by atoms with Crippen LogP contribution in [0.15, 0.2) is 51.0 Å². The summed E-state index contributed by atoms with van der Waals surface area (Å²) < 4.78 is 19.7. The molecule has 1 aliphatic carbocycles. The monoisotopic (exact) mass is 367 g/mol. The molecule has 0 spiro atoms. The lowest BCUT2D eigenvalue weighted by atomic mass is 9.90. The Morgan fingerprint density at radius 3 is 3.08 bits per heavy atom. The summed E-state index contributed by atoms with van der Waals surface area (Å²) in [4.78, 5) is 16.2. The van der Waals surface area contributed by atoms with Gasteiger partial charge in [0.1, 0.15) is 17.2 Å². The van der Waals surface area contributed by atoms with Gasteiger partial charge in [-0.2, -0.15) is 0 Å². The minimum atomic E-state index is -1.47. The first-order valence-electron chi connectivity index (χ1n) is 8.04. The van der Waals surface area contributed by atoms with Crippen molar-refractivity contribution in [3.63, 3.8) is 0 Å². The number of carbonyl (C=O) groups excluding carboxylic acids is 1. The minimum absolute atomic E-state index is 0.0306. The molecule has 2 aliphatic heterocycles. The van der Waals surface area contributed by atoms with Crippen LogP contribution >= 0.6 is 11.6 Å². The molecule has 0 bridgehead atoms. The van der Waals surface area contributed by atoms with Crippen LogP contribution in [-0.4, -0.2) is 42.6 Å². The fourth-order valence-electron chi connectivity index (χ4n) is 2.96. The summed E-state index contributed by atoms with van der Waals surface area (Å²) in [5, 5.41) is 11.7. The smallest absolute Gasteiger partial charge is 0.268 e. The predicted octanol–water partition coefficient (Wildman–Crippen LogP) is 1.43. The predicted molar refractivity (Wildman–Crippen MR) is 92.4 cm³/mol. The van der Waals surface area contributed by atoms with E-state index in [4.69, 9.17) is 27.2 Å². The van der Waals surface area contributed by atoms with Gasteiger partial charge >= 0.3 is 0 Å². The number of amides is 1. The molecule has 3 rings (SSSR count). The van der Waals surface area contributed by atoms with Gasteiger partial charge in [0.2, 0.25) is 0 Å². The number of rotatable bonds is 5. The standard InChI is InChI=1S/C17H19ClFN3O3/c18-12-7-9(5-10-6-11(8-20)25-16(10)12)14-2-1-13(19)15(22-14)17(24)21-3-4-23/h2,6-7,10,13,23H,1,3-5,8,20H2,(H,21,24). The van der Waals surface area contributed by atoms with Gasteiger partial charge in [-0.05, 0) is 24.1 Å². The number of allylic oxidation sites excluding steroid dienone is 5. The summed E-state index contributed by atoms with van der Waals surface area (Å²) >= 11 is 6.30. The van der Waals surface area contributed by atoms with E-state index in [1.54, 1.807) is 12.2 Å². The largest absolute Gasteiger partial charge is 0.463 e. The third-order valence-electron chi connectivity index (χ3n) is 4.16. The van der Waals surface area contributed by atoms with Gasteiger partial charge in [-0.15, -0.1) is 0 Å². The van der Waals surface area contributed by atoms with Crippen molar-refractivity contribution < 1.29 is 19.0 Å². The summed E-state index contributed by atoms with van der Waals surface area (Å²) in [5.41, 5.74) is 6.78. The van der Waals surface area contributed by atoms with Crippen LogP contribution in [0.3, 0.4) is 0 Å². The topological polar surface area (TPSA) is 96.9 Å². The van der Waals surface area contributed by atoms with Crippen LogP contribution in [0.2, 0.25) is 0 Å². The number of nitrogens with zero attached hydrogens (tertiary/aromatic N) is 1. The highest BCUT2D eigenvalue weighted by molar-refractivity contribution is 6.41. The number of alkyl halides is 1. The normalized spacial score (nSPS) is 25.4. The van der Waals surface area contributed by atoms with E-state index >= 15 is 0 Å². The van der Waals surface area contributed by atoms with Crippen LogP contribution in [0, 0.1) is 5.92 Å². The molecule has 0 aromatic heterocycles. The Labute approximate surface area is 149 Å². The number of carbonyl (C=O) groups is 1. The fraction of sp³-hybridized carbons (Fsp3) is 0.412. The maximum Gasteiger partial charge on any atom is 0.268 e. The molecule has 8 heteroatoms. The van der Waals surface area contributed by atoms with E-state index in [0.717, 1.165) is 5.57 Å². The quantitative estimate of drug-likeness (QED) is 0.684. The number of aliphatic hydroxyl groups is 1. The van der Waals surface area contributed by atoms with Crippen molar-refractivity contribution in [2.24, 2.45) is 16.6 Å². The van der Waals surface area contributed by atoms with Gasteiger partial charge in [0.15, 0.2) is 6.17 Å². The first kappa shape index (κ1) is 17.8. The van der Waals surface area contributed by atoms with Crippen molar-refractivity contribution in [1.29, 1.82) is 0 Å². The fourth-order valence-corrected chi connectivity index (χ4v) is 3.28. The SMILES string of the molecule is NCC1=CC2CC(C3=CCC(F)C(C(=O)NCCO)=N3)=CC(Cl)=C2O1. The molecule has 134 valence electrons. The summed E-state index contributed by atoms with van der Waals surface area (Å²) in [6, 6.07) is 0. The Hall–Kier alpha value is -1.96. The zero-order chi connectivity index (χ0) is 18.0. The van der Waals surface area contributed by atoms with Gasteiger partial charge < -0.3 is 20.9 Å². The number of hydrogen-bond donors (Lipinski definition) is 3. The molecule has 4 N–H and O–H groups in total. The first-order chi connectivity index (χ1) is 12.0. The number of halogens is 2. The summed E-state index contributed by atoms with van der Waals surface area (Å²) in [5.74, 6) is 0.690. The highest BCUT2D eigenvalue weighted by Crippen LogP contribution is 2.41. The molecular formula is C17H19ClFN3O3. The van der Waals surface area contributed by atoms with Crippen LogP contribution in [-0.2, 0) is 9.53 Å². The van der Waals surface area contributed by atoms with E-state index in [2.05, 4.69) is 10.3 Å². The van der Waals surface area contributed by atoms with E-state index in [9.17, 15) is 9.18 Å². The Bertz CT molecular complexity index is 739. The average molecular weight is 368 g/mol. The van der Waals surface area contributed by atoms with E-state index in [0.29, 0.717) is 35.2 Å². The van der Waals surface area contributed by atoms with Gasteiger partial charge in [-0.25, -0.2) is 9.38 Å². The van der Waals surface area contributed by atoms with E-state index in [1.807, 2.05) is 6.08 Å². The zero-order valence-electron chi connectivity index (χ0n) is 13.5. The number of ether oxygens (including phenoxy) is 1. The minimum Gasteiger partial charge on any atom is -0.463 e. The lowest BCUT2D eigenvalue weighted by Gasteiger charge is -2.22. The lowest BCUT2D eigenvalue weighted by molar-refractivity contribution is -0.115. The summed E-state index contributed by atoms with van der Waals surface area (Å²) in [7, 11) is 0. The summed E-state index contributed by atoms with van der Waals surface area (Å²) in [6.45, 7) is 0.125. The molecule has 2 heterocycles. The second-order valence-electron chi connectivity index (χ2n) is 5.90. The molecule has 0 aromatic carbocycles. The van der Waals surface area contributed by atoms with Gasteiger partial charge in [-0.3, -0.25) is 4.79 Å². The number of aliphatic imine (C=N–C) groups is 1. The molecule has 0 fully saturated rings. The third-order valence-corrected chi connectivity index (χ3v) is 4.45. The first-order valence-corrected chi connectivity index (χ1v) is 8.42. The Balaban J connectivity index is 1.83. The number of nitrogens with one attached hydrogen (secondary N) is 1. The molecule has 25 heavy (non-hydrogen) atoms. The average Bonchev–Trinajstić information content (AvgIpc) is 3.04. The number of aliphatic hydroxyl groups excluding tert-OH is 1. The molecule has 0 aromatic rings. The van der Waals surface area contributed by atoms with E-state index in [-0.39, 0.29) is 31.2 Å². The molecular weight excluding hydrogens is 349 g/mol. The van der Waals surface area contributed by atoms with Crippen LogP contribution in [0.4, 0.5) is 4.39 Å². The highest BCUT2D eigenvalue weighted by Gasteiger charge is 2.32. The van der Waals surface area contributed by atoms with E-state index in [1.165, 1.54) is 0 Å². The molecule has 0 saturated carbocycles. The third kappa shape index (κ3) is 3.68. The second kappa shape index (κ2) is 7.51. The van der Waals surface area contributed by atoms with Crippen molar-refractivity contribution in [2.75, 3.05) is 19.7 Å². The van der Waals surface area contributed by atoms with E-state index < -0.39 is 12.1 Å². The molecule has 2 atom stereocenters. The van der Waals surface area contributed by atoms with Crippen LogP contribution in [0.1, 0.15) is 12.8 Å². The van der Waals surface area contributed by atoms with Crippen molar-refractivity contribution >= 4 is 23.2 Å². The molecule has 1 amide bonds. The maximum atomic E-state index is 14.1. The molecule has 0 saturated heterocycles. The Morgan fingerprint density at radius 2 is 2.36 bits per heavy atom. The molecule has 2 unspecified atom stereocenters. The van der Waals surface area contributed by atoms with Crippen molar-refractivity contribution in [1.82, 2.24) is 5.32 Å². The Kier molecular flexibility index (Phi) is 5.36. The van der Waals surface area contributed by atoms with Gasteiger partial charge in [-0.1, -0.05) is 17.7 Å².